The second-order valence-electron chi connectivity index (χ2n) is 6.36. The van der Waals surface area contributed by atoms with Gasteiger partial charge in [-0.15, -0.1) is 17.9 Å². The molecule has 128 valence electrons. The van der Waals surface area contributed by atoms with Gasteiger partial charge in [0.2, 0.25) is 5.91 Å². The molecule has 1 aliphatic rings. The molecule has 0 radical (unpaired) electrons. The van der Waals surface area contributed by atoms with Crippen molar-refractivity contribution >= 4 is 17.2 Å². The molecule has 0 bridgehead atoms. The maximum atomic E-state index is 12.7. The second-order valence-corrected chi connectivity index (χ2v) is 7.73. The first kappa shape index (κ1) is 18.2. The molecule has 5 heteroatoms. The van der Waals surface area contributed by atoms with Crippen LogP contribution in [0.4, 0.5) is 0 Å². The number of hydrogen-bond donors (Lipinski definition) is 0. The molecule has 0 aromatic carbocycles. The van der Waals surface area contributed by atoms with Crippen LogP contribution in [0.5, 0.6) is 0 Å². The van der Waals surface area contributed by atoms with E-state index < -0.39 is 0 Å². The highest BCUT2D eigenvalue weighted by Gasteiger charge is 2.26. The summed E-state index contributed by atoms with van der Waals surface area (Å²) in [5.74, 6) is 0.145. The number of amides is 1. The minimum absolute atomic E-state index is 0.00367. The molecule has 23 heavy (non-hydrogen) atoms. The van der Waals surface area contributed by atoms with Crippen LogP contribution in [0.25, 0.3) is 0 Å². The van der Waals surface area contributed by atoms with Crippen LogP contribution in [0.15, 0.2) is 24.8 Å². The standard InChI is InChI=1S/C18H28N2O2S/c1-5-8-20(13-17-7-6-15(4)23-17)18(21)11-16-12-19(14(2)3)9-10-22-16/h5-7,14,16H,1,8-13H2,2-4H3/t16-/m1/s1. The summed E-state index contributed by atoms with van der Waals surface area (Å²) in [6, 6.07) is 4.69. The van der Waals surface area contributed by atoms with E-state index in [2.05, 4.69) is 44.4 Å². The van der Waals surface area contributed by atoms with Gasteiger partial charge < -0.3 is 9.64 Å². The number of ether oxygens (including phenoxy) is 1. The van der Waals surface area contributed by atoms with E-state index in [0.717, 1.165) is 13.1 Å². The molecule has 1 saturated heterocycles. The largest absolute Gasteiger partial charge is 0.375 e. The lowest BCUT2D eigenvalue weighted by atomic mass is 10.1. The van der Waals surface area contributed by atoms with E-state index in [4.69, 9.17) is 4.74 Å². The summed E-state index contributed by atoms with van der Waals surface area (Å²) in [4.78, 5) is 19.4. The fraction of sp³-hybridized carbons (Fsp3) is 0.611. The minimum Gasteiger partial charge on any atom is -0.375 e. The van der Waals surface area contributed by atoms with E-state index in [1.165, 1.54) is 9.75 Å². The van der Waals surface area contributed by atoms with Crippen molar-refractivity contribution in [1.82, 2.24) is 9.80 Å². The van der Waals surface area contributed by atoms with E-state index in [1.807, 2.05) is 4.90 Å². The van der Waals surface area contributed by atoms with Crippen LogP contribution in [0.2, 0.25) is 0 Å². The summed E-state index contributed by atoms with van der Waals surface area (Å²) >= 11 is 1.74. The zero-order chi connectivity index (χ0) is 16.8. The predicted octanol–water partition coefficient (Wildman–Crippen LogP) is 3.07. The third-order valence-corrected chi connectivity index (χ3v) is 5.13. The summed E-state index contributed by atoms with van der Waals surface area (Å²) in [6.45, 7) is 14.0. The maximum absolute atomic E-state index is 12.7. The fourth-order valence-corrected chi connectivity index (χ4v) is 3.73. The number of thiophene rings is 1. The molecule has 0 aliphatic carbocycles. The Hall–Kier alpha value is -1.17. The first-order valence-electron chi connectivity index (χ1n) is 8.29. The monoisotopic (exact) mass is 336 g/mol. The lowest BCUT2D eigenvalue weighted by Crippen LogP contribution is -2.47. The van der Waals surface area contributed by atoms with Crippen LogP contribution >= 0.6 is 11.3 Å². The van der Waals surface area contributed by atoms with Gasteiger partial charge in [0.15, 0.2) is 0 Å². The summed E-state index contributed by atoms with van der Waals surface area (Å²) in [7, 11) is 0. The van der Waals surface area contributed by atoms with Crippen molar-refractivity contribution in [1.29, 1.82) is 0 Å². The number of morpholine rings is 1. The summed E-state index contributed by atoms with van der Waals surface area (Å²) < 4.78 is 5.80. The zero-order valence-electron chi connectivity index (χ0n) is 14.5. The molecule has 0 unspecified atom stereocenters. The van der Waals surface area contributed by atoms with Crippen molar-refractivity contribution < 1.29 is 9.53 Å². The van der Waals surface area contributed by atoms with Gasteiger partial charge in [-0.1, -0.05) is 6.08 Å². The average molecular weight is 337 g/mol. The van der Waals surface area contributed by atoms with Gasteiger partial charge in [0.25, 0.3) is 0 Å². The highest BCUT2D eigenvalue weighted by Crippen LogP contribution is 2.19. The number of carbonyl (C=O) groups excluding carboxylic acids is 1. The molecule has 0 N–H and O–H groups in total. The van der Waals surface area contributed by atoms with Crippen LogP contribution in [0.3, 0.4) is 0 Å². The van der Waals surface area contributed by atoms with E-state index in [0.29, 0.717) is 32.2 Å². The normalized spacial score (nSPS) is 19.0. The van der Waals surface area contributed by atoms with Gasteiger partial charge in [0, 0.05) is 35.4 Å². The molecule has 2 rings (SSSR count). The quantitative estimate of drug-likeness (QED) is 0.718. The van der Waals surface area contributed by atoms with Gasteiger partial charge in [-0.25, -0.2) is 0 Å². The van der Waals surface area contributed by atoms with Crippen molar-refractivity contribution in [3.8, 4) is 0 Å². The lowest BCUT2D eigenvalue weighted by molar-refractivity contribution is -0.136. The molecule has 1 atom stereocenters. The Morgan fingerprint density at radius 1 is 1.57 bits per heavy atom. The Bertz CT molecular complexity index is 527. The molecule has 2 heterocycles. The van der Waals surface area contributed by atoms with Crippen LogP contribution in [0, 0.1) is 6.92 Å². The van der Waals surface area contributed by atoms with Crippen LogP contribution in [0.1, 0.15) is 30.0 Å². The number of aryl methyl sites for hydroxylation is 1. The molecule has 0 saturated carbocycles. The van der Waals surface area contributed by atoms with Gasteiger partial charge in [-0.3, -0.25) is 9.69 Å². The molecule has 4 nitrogen and oxygen atoms in total. The van der Waals surface area contributed by atoms with E-state index in [1.54, 1.807) is 17.4 Å². The van der Waals surface area contributed by atoms with Gasteiger partial charge in [0.05, 0.1) is 25.7 Å². The lowest BCUT2D eigenvalue weighted by Gasteiger charge is -2.36. The zero-order valence-corrected chi connectivity index (χ0v) is 15.3. The van der Waals surface area contributed by atoms with Gasteiger partial charge in [-0.2, -0.15) is 0 Å². The van der Waals surface area contributed by atoms with Crippen molar-refractivity contribution in [3.05, 3.63) is 34.5 Å². The summed E-state index contributed by atoms with van der Waals surface area (Å²) in [5, 5.41) is 0. The summed E-state index contributed by atoms with van der Waals surface area (Å²) in [6.07, 6.45) is 2.23. The Morgan fingerprint density at radius 2 is 2.35 bits per heavy atom. The topological polar surface area (TPSA) is 32.8 Å². The molecule has 1 aromatic heterocycles. The molecule has 1 fully saturated rings. The van der Waals surface area contributed by atoms with Crippen LogP contribution in [-0.2, 0) is 16.1 Å². The van der Waals surface area contributed by atoms with Crippen LogP contribution in [-0.4, -0.2) is 54.1 Å². The van der Waals surface area contributed by atoms with Crippen molar-refractivity contribution in [2.45, 2.75) is 45.9 Å². The third kappa shape index (κ3) is 5.44. The van der Waals surface area contributed by atoms with Crippen molar-refractivity contribution in [3.63, 3.8) is 0 Å². The van der Waals surface area contributed by atoms with Crippen molar-refractivity contribution in [2.75, 3.05) is 26.2 Å². The molecule has 1 aliphatic heterocycles. The SMILES string of the molecule is C=CCN(Cc1ccc(C)s1)C(=O)C[C@@H]1CN(C(C)C)CCO1. The van der Waals surface area contributed by atoms with Gasteiger partial charge in [0.1, 0.15) is 0 Å². The molecule has 1 aromatic rings. The molecular formula is C18H28N2O2S. The smallest absolute Gasteiger partial charge is 0.225 e. The van der Waals surface area contributed by atoms with Gasteiger partial charge in [-0.05, 0) is 32.9 Å². The highest BCUT2D eigenvalue weighted by molar-refractivity contribution is 7.11. The number of rotatable bonds is 7. The molecular weight excluding hydrogens is 308 g/mol. The Balaban J connectivity index is 1.93. The van der Waals surface area contributed by atoms with Crippen LogP contribution < -0.4 is 0 Å². The number of carbonyl (C=O) groups is 1. The highest BCUT2D eigenvalue weighted by atomic mass is 32.1. The van der Waals surface area contributed by atoms with Crippen molar-refractivity contribution in [2.24, 2.45) is 0 Å². The first-order valence-corrected chi connectivity index (χ1v) is 9.11. The Labute approximate surface area is 143 Å². The first-order chi connectivity index (χ1) is 11.0. The third-order valence-electron chi connectivity index (χ3n) is 4.15. The Morgan fingerprint density at radius 3 is 2.96 bits per heavy atom. The van der Waals surface area contributed by atoms with Gasteiger partial charge >= 0.3 is 0 Å². The van der Waals surface area contributed by atoms with E-state index in [9.17, 15) is 4.79 Å². The number of nitrogens with zero attached hydrogens (tertiary/aromatic N) is 2. The fourth-order valence-electron chi connectivity index (χ4n) is 2.83. The Kier molecular flexibility index (Phi) is 6.81. The van der Waals surface area contributed by atoms with E-state index in [-0.39, 0.29) is 12.0 Å². The van der Waals surface area contributed by atoms with E-state index >= 15 is 0 Å². The predicted molar refractivity (Wildman–Crippen MR) is 95.7 cm³/mol. The second kappa shape index (κ2) is 8.62. The molecule has 1 amide bonds. The molecule has 0 spiro atoms. The average Bonchev–Trinajstić information content (AvgIpc) is 2.92. The minimum atomic E-state index is -0.00367. The number of hydrogen-bond acceptors (Lipinski definition) is 4. The maximum Gasteiger partial charge on any atom is 0.225 e. The summed E-state index contributed by atoms with van der Waals surface area (Å²) in [5.41, 5.74) is 0.